The zero-order valence-corrected chi connectivity index (χ0v) is 12.3. The zero-order valence-electron chi connectivity index (χ0n) is 11.5. The number of hydrogen-bond donors (Lipinski definition) is 1. The molecule has 0 spiro atoms. The Labute approximate surface area is 123 Å². The van der Waals surface area contributed by atoms with Crippen LogP contribution in [0.15, 0.2) is 18.2 Å². The highest BCUT2D eigenvalue weighted by Gasteiger charge is 2.28. The van der Waals surface area contributed by atoms with Crippen LogP contribution in [0.5, 0.6) is 0 Å². The summed E-state index contributed by atoms with van der Waals surface area (Å²) in [4.78, 5) is 4.60. The third-order valence-electron chi connectivity index (χ3n) is 3.75. The SMILES string of the molecule is CCN1CCN(C(C(N)=S)c2ccc(F)cc2F)CC1. The van der Waals surface area contributed by atoms with Crippen molar-refractivity contribution < 1.29 is 8.78 Å². The lowest BCUT2D eigenvalue weighted by Gasteiger charge is -2.38. The standard InChI is InChI=1S/C14H19F2N3S/c1-2-18-5-7-19(8-6-18)13(14(17)20)11-4-3-10(15)9-12(11)16/h3-4,9,13H,2,5-8H2,1H3,(H2,17,20). The van der Waals surface area contributed by atoms with E-state index in [1.807, 2.05) is 0 Å². The fourth-order valence-corrected chi connectivity index (χ4v) is 2.87. The second kappa shape index (κ2) is 6.56. The van der Waals surface area contributed by atoms with Crippen LogP contribution in [0, 0.1) is 11.6 Å². The summed E-state index contributed by atoms with van der Waals surface area (Å²) >= 11 is 5.09. The molecular weight excluding hydrogens is 280 g/mol. The molecule has 0 aromatic heterocycles. The van der Waals surface area contributed by atoms with Crippen molar-refractivity contribution in [3.63, 3.8) is 0 Å². The molecule has 0 saturated carbocycles. The first kappa shape index (κ1) is 15.3. The van der Waals surface area contributed by atoms with Crippen molar-refractivity contribution in [2.45, 2.75) is 13.0 Å². The fraction of sp³-hybridized carbons (Fsp3) is 0.500. The summed E-state index contributed by atoms with van der Waals surface area (Å²) in [5, 5.41) is 0. The lowest BCUT2D eigenvalue weighted by atomic mass is 10.0. The molecule has 0 bridgehead atoms. The van der Waals surface area contributed by atoms with Crippen molar-refractivity contribution in [3.05, 3.63) is 35.4 Å². The molecule has 0 aliphatic carbocycles. The number of halogens is 2. The lowest BCUT2D eigenvalue weighted by Crippen LogP contribution is -2.50. The van der Waals surface area contributed by atoms with E-state index in [4.69, 9.17) is 18.0 Å². The van der Waals surface area contributed by atoms with Crippen LogP contribution in [0.25, 0.3) is 0 Å². The molecule has 1 aliphatic rings. The molecule has 1 unspecified atom stereocenters. The van der Waals surface area contributed by atoms with Crippen LogP contribution in [0.1, 0.15) is 18.5 Å². The molecule has 2 rings (SSSR count). The van der Waals surface area contributed by atoms with E-state index in [1.165, 1.54) is 12.1 Å². The number of benzene rings is 1. The van der Waals surface area contributed by atoms with E-state index in [2.05, 4.69) is 16.7 Å². The van der Waals surface area contributed by atoms with Gasteiger partial charge in [-0.15, -0.1) is 0 Å². The number of likely N-dealkylation sites (N-methyl/N-ethyl adjacent to an activating group) is 1. The van der Waals surface area contributed by atoms with E-state index in [1.54, 1.807) is 0 Å². The van der Waals surface area contributed by atoms with E-state index < -0.39 is 17.7 Å². The first-order valence-corrected chi connectivity index (χ1v) is 7.14. The highest BCUT2D eigenvalue weighted by atomic mass is 32.1. The van der Waals surface area contributed by atoms with Crippen molar-refractivity contribution in [1.29, 1.82) is 0 Å². The Morgan fingerprint density at radius 3 is 2.45 bits per heavy atom. The number of thiocarbonyl (C=S) groups is 1. The largest absolute Gasteiger partial charge is 0.392 e. The minimum Gasteiger partial charge on any atom is -0.392 e. The van der Waals surface area contributed by atoms with Gasteiger partial charge in [-0.25, -0.2) is 8.78 Å². The van der Waals surface area contributed by atoms with Gasteiger partial charge in [-0.05, 0) is 12.6 Å². The monoisotopic (exact) mass is 299 g/mol. The van der Waals surface area contributed by atoms with Gasteiger partial charge in [-0.3, -0.25) is 4.90 Å². The summed E-state index contributed by atoms with van der Waals surface area (Å²) < 4.78 is 27.0. The molecule has 0 amide bonds. The highest BCUT2D eigenvalue weighted by molar-refractivity contribution is 7.80. The van der Waals surface area contributed by atoms with E-state index in [0.717, 1.165) is 38.8 Å². The van der Waals surface area contributed by atoms with Crippen molar-refractivity contribution in [2.75, 3.05) is 32.7 Å². The maximum absolute atomic E-state index is 14.0. The van der Waals surface area contributed by atoms with Gasteiger partial charge >= 0.3 is 0 Å². The molecular formula is C14H19F2N3S. The van der Waals surface area contributed by atoms with Gasteiger partial charge in [0.2, 0.25) is 0 Å². The van der Waals surface area contributed by atoms with Crippen LogP contribution < -0.4 is 5.73 Å². The van der Waals surface area contributed by atoms with Gasteiger partial charge in [0.05, 0.1) is 11.0 Å². The Kier molecular flexibility index (Phi) is 5.01. The predicted molar refractivity (Wildman–Crippen MR) is 79.6 cm³/mol. The van der Waals surface area contributed by atoms with Gasteiger partial charge in [0, 0.05) is 37.8 Å². The lowest BCUT2D eigenvalue weighted by molar-refractivity contribution is 0.121. The molecule has 20 heavy (non-hydrogen) atoms. The summed E-state index contributed by atoms with van der Waals surface area (Å²) in [6, 6.07) is 3.08. The zero-order chi connectivity index (χ0) is 14.7. The molecule has 1 fully saturated rings. The molecule has 1 aromatic carbocycles. The molecule has 3 nitrogen and oxygen atoms in total. The van der Waals surface area contributed by atoms with Gasteiger partial charge in [0.15, 0.2) is 0 Å². The maximum atomic E-state index is 14.0. The first-order chi connectivity index (χ1) is 9.52. The van der Waals surface area contributed by atoms with Crippen molar-refractivity contribution in [3.8, 4) is 0 Å². The van der Waals surface area contributed by atoms with Crippen molar-refractivity contribution in [1.82, 2.24) is 9.80 Å². The van der Waals surface area contributed by atoms with Crippen LogP contribution >= 0.6 is 12.2 Å². The molecule has 1 atom stereocenters. The van der Waals surface area contributed by atoms with E-state index in [9.17, 15) is 8.78 Å². The quantitative estimate of drug-likeness (QED) is 0.861. The molecule has 1 aromatic rings. The fourth-order valence-electron chi connectivity index (χ4n) is 2.59. The third kappa shape index (κ3) is 3.31. The Hall–Kier alpha value is -1.11. The van der Waals surface area contributed by atoms with Crippen LogP contribution in [0.2, 0.25) is 0 Å². The summed E-state index contributed by atoms with van der Waals surface area (Å²) in [6.45, 7) is 6.45. The number of nitrogens with zero attached hydrogens (tertiary/aromatic N) is 2. The molecule has 1 aliphatic heterocycles. The summed E-state index contributed by atoms with van der Waals surface area (Å²) in [6.07, 6.45) is 0. The highest BCUT2D eigenvalue weighted by Crippen LogP contribution is 2.25. The maximum Gasteiger partial charge on any atom is 0.131 e. The number of rotatable bonds is 4. The van der Waals surface area contributed by atoms with Crippen LogP contribution in [-0.4, -0.2) is 47.5 Å². The second-order valence-corrected chi connectivity index (χ2v) is 5.41. The number of hydrogen-bond acceptors (Lipinski definition) is 3. The van der Waals surface area contributed by atoms with Crippen LogP contribution in [0.4, 0.5) is 8.78 Å². The van der Waals surface area contributed by atoms with E-state index in [-0.39, 0.29) is 4.99 Å². The van der Waals surface area contributed by atoms with Crippen molar-refractivity contribution in [2.24, 2.45) is 5.73 Å². The van der Waals surface area contributed by atoms with Gasteiger partial charge in [0.25, 0.3) is 0 Å². The molecule has 2 N–H and O–H groups in total. The van der Waals surface area contributed by atoms with Gasteiger partial charge in [-0.1, -0.05) is 25.2 Å². The molecule has 6 heteroatoms. The Morgan fingerprint density at radius 1 is 1.30 bits per heavy atom. The second-order valence-electron chi connectivity index (χ2n) is 4.94. The topological polar surface area (TPSA) is 32.5 Å². The van der Waals surface area contributed by atoms with Crippen molar-refractivity contribution >= 4 is 17.2 Å². The number of nitrogens with two attached hydrogens (primary N) is 1. The Bertz CT molecular complexity index is 487. The first-order valence-electron chi connectivity index (χ1n) is 6.73. The molecule has 110 valence electrons. The summed E-state index contributed by atoms with van der Waals surface area (Å²) in [5.41, 5.74) is 6.14. The van der Waals surface area contributed by atoms with Crippen LogP contribution in [0.3, 0.4) is 0 Å². The van der Waals surface area contributed by atoms with Gasteiger partial charge in [-0.2, -0.15) is 0 Å². The van der Waals surface area contributed by atoms with Gasteiger partial charge in [0.1, 0.15) is 11.6 Å². The van der Waals surface area contributed by atoms with E-state index >= 15 is 0 Å². The van der Waals surface area contributed by atoms with Gasteiger partial charge < -0.3 is 10.6 Å². The van der Waals surface area contributed by atoms with Crippen LogP contribution in [-0.2, 0) is 0 Å². The predicted octanol–water partition coefficient (Wildman–Crippen LogP) is 1.93. The molecule has 1 heterocycles. The smallest absolute Gasteiger partial charge is 0.131 e. The minimum absolute atomic E-state index is 0.223. The Morgan fingerprint density at radius 2 is 1.95 bits per heavy atom. The number of piperazine rings is 1. The average Bonchev–Trinajstić information content (AvgIpc) is 2.42. The third-order valence-corrected chi connectivity index (χ3v) is 3.97. The average molecular weight is 299 g/mol. The van der Waals surface area contributed by atoms with E-state index in [0.29, 0.717) is 5.56 Å². The minimum atomic E-state index is -0.597. The summed E-state index contributed by atoms with van der Waals surface area (Å²) in [5.74, 6) is -1.19. The Balaban J connectivity index is 2.21. The molecule has 1 saturated heterocycles. The molecule has 0 radical (unpaired) electrons. The normalized spacial score (nSPS) is 18.9. The summed E-state index contributed by atoms with van der Waals surface area (Å²) in [7, 11) is 0.